The largest absolute Gasteiger partial charge is 0.364 e. The van der Waals surface area contributed by atoms with Gasteiger partial charge >= 0.3 is 0 Å². The molecule has 1 aromatic heterocycles. The lowest BCUT2D eigenvalue weighted by Crippen LogP contribution is -2.29. The Morgan fingerprint density at radius 1 is 1.15 bits per heavy atom. The molecular weight excluding hydrogens is 385 g/mol. The van der Waals surface area contributed by atoms with Crippen LogP contribution in [0.5, 0.6) is 0 Å². The lowest BCUT2D eigenvalue weighted by Gasteiger charge is -2.21. The minimum atomic E-state index is -0.605. The van der Waals surface area contributed by atoms with Crippen LogP contribution in [0, 0.1) is 18.8 Å². The second-order valence-corrected chi connectivity index (χ2v) is 8.23. The van der Waals surface area contributed by atoms with Gasteiger partial charge in [-0.3, -0.25) is 4.79 Å². The van der Waals surface area contributed by atoms with Gasteiger partial charge < -0.3 is 15.5 Å². The fourth-order valence-corrected chi connectivity index (χ4v) is 4.68. The SMILES string of the molecule is Cc1nc(N2CC3CN(C)CC3C2)nc(C(N)=O)c1-c1cccc(Cl)c1Cl. The van der Waals surface area contributed by atoms with Crippen LogP contribution in [-0.4, -0.2) is 54.0 Å². The molecule has 6 nitrogen and oxygen atoms in total. The lowest BCUT2D eigenvalue weighted by molar-refractivity contribution is 0.0996. The first-order valence-electron chi connectivity index (χ1n) is 8.91. The summed E-state index contributed by atoms with van der Waals surface area (Å²) in [5.74, 6) is 1.17. The number of carbonyl (C=O) groups excluding carboxylic acids is 1. The van der Waals surface area contributed by atoms with E-state index in [-0.39, 0.29) is 5.69 Å². The van der Waals surface area contributed by atoms with Gasteiger partial charge in [0.25, 0.3) is 5.91 Å². The summed E-state index contributed by atoms with van der Waals surface area (Å²) < 4.78 is 0. The molecule has 1 aromatic carbocycles. The minimum Gasteiger partial charge on any atom is -0.364 e. The van der Waals surface area contributed by atoms with Crippen LogP contribution in [0.2, 0.25) is 10.0 Å². The number of primary amides is 1. The number of hydrogen-bond acceptors (Lipinski definition) is 5. The number of aromatic nitrogens is 2. The maximum Gasteiger partial charge on any atom is 0.268 e. The highest BCUT2D eigenvalue weighted by molar-refractivity contribution is 6.43. The van der Waals surface area contributed by atoms with Crippen LogP contribution in [0.4, 0.5) is 5.95 Å². The first-order chi connectivity index (χ1) is 12.8. The fraction of sp³-hybridized carbons (Fsp3) is 0.421. The van der Waals surface area contributed by atoms with Crippen molar-refractivity contribution in [2.45, 2.75) is 6.92 Å². The Morgan fingerprint density at radius 2 is 1.81 bits per heavy atom. The molecule has 2 aromatic rings. The smallest absolute Gasteiger partial charge is 0.268 e. The van der Waals surface area contributed by atoms with Gasteiger partial charge in [0.15, 0.2) is 0 Å². The Bertz CT molecular complexity index is 905. The first-order valence-corrected chi connectivity index (χ1v) is 9.67. The summed E-state index contributed by atoms with van der Waals surface area (Å²) in [5, 5.41) is 0.768. The van der Waals surface area contributed by atoms with Gasteiger partial charge in [-0.15, -0.1) is 0 Å². The molecular formula is C19H21Cl2N5O. The third-order valence-electron chi connectivity index (χ3n) is 5.48. The van der Waals surface area contributed by atoms with Gasteiger partial charge in [0.1, 0.15) is 5.69 Å². The van der Waals surface area contributed by atoms with E-state index in [2.05, 4.69) is 26.8 Å². The van der Waals surface area contributed by atoms with Crippen molar-refractivity contribution in [3.8, 4) is 11.1 Å². The van der Waals surface area contributed by atoms with Crippen molar-refractivity contribution in [3.63, 3.8) is 0 Å². The molecule has 8 heteroatoms. The van der Waals surface area contributed by atoms with E-state index in [0.29, 0.717) is 44.7 Å². The molecule has 0 saturated carbocycles. The number of fused-ring (bicyclic) bond motifs is 1. The molecule has 2 fully saturated rings. The van der Waals surface area contributed by atoms with E-state index < -0.39 is 5.91 Å². The molecule has 2 aliphatic rings. The Kier molecular flexibility index (Phi) is 4.74. The highest BCUT2D eigenvalue weighted by atomic mass is 35.5. The van der Waals surface area contributed by atoms with Crippen molar-refractivity contribution in [1.29, 1.82) is 0 Å². The maximum atomic E-state index is 12.2. The van der Waals surface area contributed by atoms with Crippen LogP contribution in [0.15, 0.2) is 18.2 Å². The molecule has 0 aliphatic carbocycles. The molecule has 0 radical (unpaired) electrons. The van der Waals surface area contributed by atoms with Crippen molar-refractivity contribution >= 4 is 35.1 Å². The summed E-state index contributed by atoms with van der Waals surface area (Å²) in [5.41, 5.74) is 7.64. The van der Waals surface area contributed by atoms with Gasteiger partial charge in [-0.1, -0.05) is 35.3 Å². The number of likely N-dealkylation sites (tertiary alicyclic amines) is 1. The van der Waals surface area contributed by atoms with Crippen molar-refractivity contribution in [3.05, 3.63) is 39.6 Å². The van der Waals surface area contributed by atoms with Crippen molar-refractivity contribution < 1.29 is 4.79 Å². The zero-order valence-corrected chi connectivity index (χ0v) is 16.8. The van der Waals surface area contributed by atoms with E-state index >= 15 is 0 Å². The summed E-state index contributed by atoms with van der Waals surface area (Å²) >= 11 is 12.5. The monoisotopic (exact) mass is 405 g/mol. The second-order valence-electron chi connectivity index (χ2n) is 7.44. The molecule has 142 valence electrons. The Morgan fingerprint density at radius 3 is 2.44 bits per heavy atom. The Hall–Kier alpha value is -1.89. The molecule has 2 atom stereocenters. The highest BCUT2D eigenvalue weighted by Gasteiger charge is 2.40. The van der Waals surface area contributed by atoms with Crippen LogP contribution >= 0.6 is 23.2 Å². The summed E-state index contributed by atoms with van der Waals surface area (Å²) in [4.78, 5) is 25.9. The maximum absolute atomic E-state index is 12.2. The zero-order valence-electron chi connectivity index (χ0n) is 15.2. The quantitative estimate of drug-likeness (QED) is 0.849. The van der Waals surface area contributed by atoms with Crippen LogP contribution in [-0.2, 0) is 0 Å². The third-order valence-corrected chi connectivity index (χ3v) is 6.30. The topological polar surface area (TPSA) is 75.3 Å². The summed E-state index contributed by atoms with van der Waals surface area (Å²) in [6.45, 7) is 5.79. The minimum absolute atomic E-state index is 0.177. The van der Waals surface area contributed by atoms with E-state index in [9.17, 15) is 4.79 Å². The molecule has 4 rings (SSSR count). The Labute approximate surface area is 168 Å². The van der Waals surface area contributed by atoms with E-state index in [4.69, 9.17) is 28.9 Å². The summed E-state index contributed by atoms with van der Waals surface area (Å²) in [7, 11) is 2.15. The molecule has 1 amide bonds. The van der Waals surface area contributed by atoms with Crippen molar-refractivity contribution in [1.82, 2.24) is 14.9 Å². The van der Waals surface area contributed by atoms with E-state index in [0.717, 1.165) is 26.2 Å². The summed E-state index contributed by atoms with van der Waals surface area (Å²) in [6.07, 6.45) is 0. The fourth-order valence-electron chi connectivity index (χ4n) is 4.29. The molecule has 2 aliphatic heterocycles. The number of carbonyl (C=O) groups is 1. The van der Waals surface area contributed by atoms with Crippen LogP contribution < -0.4 is 10.6 Å². The molecule has 2 unspecified atom stereocenters. The summed E-state index contributed by atoms with van der Waals surface area (Å²) in [6, 6.07) is 5.27. The standard InChI is InChI=1S/C19H21Cl2N5O/c1-10-15(13-4-3-5-14(20)16(13)21)17(18(22)27)24-19(23-10)26-8-11-6-25(2)7-12(11)9-26/h3-5,11-12H,6-9H2,1-2H3,(H2,22,27). The number of nitrogens with zero attached hydrogens (tertiary/aromatic N) is 4. The molecule has 0 bridgehead atoms. The van der Waals surface area contributed by atoms with Gasteiger partial charge in [-0.05, 0) is 31.9 Å². The molecule has 0 spiro atoms. The molecule has 27 heavy (non-hydrogen) atoms. The number of benzene rings is 1. The third kappa shape index (κ3) is 3.26. The molecule has 2 saturated heterocycles. The second kappa shape index (κ2) is 6.93. The van der Waals surface area contributed by atoms with Crippen LogP contribution in [0.3, 0.4) is 0 Å². The number of anilines is 1. The van der Waals surface area contributed by atoms with E-state index in [1.54, 1.807) is 18.2 Å². The van der Waals surface area contributed by atoms with Gasteiger partial charge in [0.05, 0.1) is 15.7 Å². The number of rotatable bonds is 3. The van der Waals surface area contributed by atoms with Gasteiger partial charge in [0.2, 0.25) is 5.95 Å². The number of amides is 1. The van der Waals surface area contributed by atoms with Gasteiger partial charge in [0, 0.05) is 37.3 Å². The van der Waals surface area contributed by atoms with E-state index in [1.807, 2.05) is 6.92 Å². The number of nitrogens with two attached hydrogens (primary N) is 1. The van der Waals surface area contributed by atoms with Crippen LogP contribution in [0.25, 0.3) is 11.1 Å². The van der Waals surface area contributed by atoms with E-state index in [1.165, 1.54) is 0 Å². The normalized spacial score (nSPS) is 22.3. The van der Waals surface area contributed by atoms with Crippen molar-refractivity contribution in [2.24, 2.45) is 17.6 Å². The average Bonchev–Trinajstić information content (AvgIpc) is 3.14. The van der Waals surface area contributed by atoms with Gasteiger partial charge in [-0.2, -0.15) is 0 Å². The van der Waals surface area contributed by atoms with Crippen LogP contribution in [0.1, 0.15) is 16.2 Å². The molecule has 2 N–H and O–H groups in total. The Balaban J connectivity index is 1.75. The van der Waals surface area contributed by atoms with Crippen molar-refractivity contribution in [2.75, 3.05) is 38.1 Å². The number of halogens is 2. The zero-order chi connectivity index (χ0) is 19.3. The highest BCUT2D eigenvalue weighted by Crippen LogP contribution is 2.38. The number of aryl methyl sites for hydroxylation is 1. The number of hydrogen-bond donors (Lipinski definition) is 1. The average molecular weight is 406 g/mol. The predicted octanol–water partition coefficient (Wildman–Crippen LogP) is 2.86. The lowest BCUT2D eigenvalue weighted by atomic mass is 10.0. The van der Waals surface area contributed by atoms with Gasteiger partial charge in [-0.25, -0.2) is 9.97 Å². The first kappa shape index (κ1) is 18.5. The predicted molar refractivity (Wildman–Crippen MR) is 107 cm³/mol. The molecule has 3 heterocycles.